The minimum absolute atomic E-state index is 0.301. The minimum Gasteiger partial charge on any atom is -0.495 e. The van der Waals surface area contributed by atoms with Crippen LogP contribution >= 0.6 is 34.8 Å². The van der Waals surface area contributed by atoms with Crippen molar-refractivity contribution in [2.45, 2.75) is 0 Å². The van der Waals surface area contributed by atoms with Gasteiger partial charge in [-0.25, -0.2) is 0 Å². The molecule has 2 aromatic rings. The summed E-state index contributed by atoms with van der Waals surface area (Å²) in [6, 6.07) is 7.75. The van der Waals surface area contributed by atoms with E-state index in [0.29, 0.717) is 37.8 Å². The lowest BCUT2D eigenvalue weighted by atomic mass is 10.2. The summed E-state index contributed by atoms with van der Waals surface area (Å²) in [6.45, 7) is 0. The van der Waals surface area contributed by atoms with Crippen LogP contribution in [0.15, 0.2) is 30.3 Å². The molecule has 1 N–H and O–H groups in total. The van der Waals surface area contributed by atoms with Crippen molar-refractivity contribution in [3.63, 3.8) is 0 Å². The first-order chi connectivity index (χ1) is 10.5. The van der Waals surface area contributed by atoms with E-state index in [0.717, 1.165) is 0 Å². The van der Waals surface area contributed by atoms with E-state index in [1.807, 2.05) is 0 Å². The van der Waals surface area contributed by atoms with E-state index in [4.69, 9.17) is 44.3 Å². The number of anilines is 1. The molecule has 0 atom stereocenters. The van der Waals surface area contributed by atoms with Gasteiger partial charge in [0.2, 0.25) is 0 Å². The zero-order valence-electron chi connectivity index (χ0n) is 11.7. The first-order valence-electron chi connectivity index (χ1n) is 6.14. The van der Waals surface area contributed by atoms with E-state index >= 15 is 0 Å². The fraction of sp³-hybridized carbons (Fsp3) is 0.133. The summed E-state index contributed by atoms with van der Waals surface area (Å²) in [6.07, 6.45) is 0. The van der Waals surface area contributed by atoms with E-state index in [2.05, 4.69) is 5.32 Å². The van der Waals surface area contributed by atoms with Gasteiger partial charge < -0.3 is 14.8 Å². The SMILES string of the molecule is COc1cc(NC(=O)c2ccc(Cl)c(Cl)c2)c(OC)cc1Cl. The molecule has 0 aliphatic carbocycles. The lowest BCUT2D eigenvalue weighted by Crippen LogP contribution is -2.12. The Kier molecular flexibility index (Phi) is 5.40. The minimum atomic E-state index is -0.360. The Balaban J connectivity index is 2.32. The summed E-state index contributed by atoms with van der Waals surface area (Å²) in [5.74, 6) is 0.479. The van der Waals surface area contributed by atoms with Crippen molar-refractivity contribution in [3.8, 4) is 11.5 Å². The van der Waals surface area contributed by atoms with Crippen LogP contribution in [0.1, 0.15) is 10.4 Å². The van der Waals surface area contributed by atoms with E-state index in [1.165, 1.54) is 20.3 Å². The molecule has 0 heterocycles. The van der Waals surface area contributed by atoms with Crippen molar-refractivity contribution in [3.05, 3.63) is 51.0 Å². The molecule has 22 heavy (non-hydrogen) atoms. The second-order valence-electron chi connectivity index (χ2n) is 4.27. The van der Waals surface area contributed by atoms with Crippen LogP contribution in [0.4, 0.5) is 5.69 Å². The van der Waals surface area contributed by atoms with Crippen molar-refractivity contribution in [1.82, 2.24) is 0 Å². The van der Waals surface area contributed by atoms with E-state index < -0.39 is 0 Å². The highest BCUT2D eigenvalue weighted by Gasteiger charge is 2.14. The third kappa shape index (κ3) is 3.58. The molecule has 0 unspecified atom stereocenters. The molecular weight excluding hydrogens is 349 g/mol. The first kappa shape index (κ1) is 16.7. The van der Waals surface area contributed by atoms with Crippen molar-refractivity contribution < 1.29 is 14.3 Å². The van der Waals surface area contributed by atoms with Crippen molar-refractivity contribution in [2.75, 3.05) is 19.5 Å². The van der Waals surface area contributed by atoms with Gasteiger partial charge in [0, 0.05) is 17.7 Å². The Morgan fingerprint density at radius 1 is 0.909 bits per heavy atom. The number of hydrogen-bond acceptors (Lipinski definition) is 3. The van der Waals surface area contributed by atoms with Gasteiger partial charge in [0.15, 0.2) is 0 Å². The van der Waals surface area contributed by atoms with Gasteiger partial charge in [0.25, 0.3) is 5.91 Å². The lowest BCUT2D eigenvalue weighted by molar-refractivity contribution is 0.102. The molecular formula is C15H12Cl3NO3. The Morgan fingerprint density at radius 2 is 1.59 bits per heavy atom. The normalized spacial score (nSPS) is 10.2. The smallest absolute Gasteiger partial charge is 0.255 e. The van der Waals surface area contributed by atoms with Crippen LogP contribution in [0, 0.1) is 0 Å². The highest BCUT2D eigenvalue weighted by molar-refractivity contribution is 6.42. The van der Waals surface area contributed by atoms with Crippen LogP contribution in [-0.2, 0) is 0 Å². The summed E-state index contributed by atoms with van der Waals surface area (Å²) in [7, 11) is 2.96. The molecule has 0 saturated heterocycles. The third-order valence-corrected chi connectivity index (χ3v) is 3.94. The number of methoxy groups -OCH3 is 2. The van der Waals surface area contributed by atoms with Crippen LogP contribution in [0.5, 0.6) is 11.5 Å². The fourth-order valence-electron chi connectivity index (χ4n) is 1.79. The van der Waals surface area contributed by atoms with Crippen molar-refractivity contribution in [1.29, 1.82) is 0 Å². The largest absolute Gasteiger partial charge is 0.495 e. The number of amides is 1. The Labute approximate surface area is 142 Å². The zero-order valence-corrected chi connectivity index (χ0v) is 14.0. The van der Waals surface area contributed by atoms with Crippen LogP contribution in [0.25, 0.3) is 0 Å². The molecule has 7 heteroatoms. The topological polar surface area (TPSA) is 47.6 Å². The molecule has 0 aromatic heterocycles. The van der Waals surface area contributed by atoms with Gasteiger partial charge in [-0.3, -0.25) is 4.79 Å². The van der Waals surface area contributed by atoms with Gasteiger partial charge in [0.1, 0.15) is 11.5 Å². The summed E-state index contributed by atoms with van der Waals surface area (Å²) in [5, 5.41) is 3.78. The number of halogens is 3. The molecule has 0 aliphatic rings. The highest BCUT2D eigenvalue weighted by atomic mass is 35.5. The highest BCUT2D eigenvalue weighted by Crippen LogP contribution is 2.36. The molecule has 116 valence electrons. The zero-order chi connectivity index (χ0) is 16.3. The third-order valence-electron chi connectivity index (χ3n) is 2.90. The number of carbonyl (C=O) groups is 1. The maximum atomic E-state index is 12.3. The van der Waals surface area contributed by atoms with Gasteiger partial charge >= 0.3 is 0 Å². The second-order valence-corrected chi connectivity index (χ2v) is 5.49. The van der Waals surface area contributed by atoms with Gasteiger partial charge in [-0.2, -0.15) is 0 Å². The molecule has 0 saturated carbocycles. The number of benzene rings is 2. The summed E-state index contributed by atoms with van der Waals surface area (Å²) >= 11 is 17.8. The van der Waals surface area contributed by atoms with Gasteiger partial charge in [-0.05, 0) is 18.2 Å². The molecule has 0 spiro atoms. The summed E-state index contributed by atoms with van der Waals surface area (Å²) in [5.41, 5.74) is 0.796. The van der Waals surface area contributed by atoms with Gasteiger partial charge in [-0.15, -0.1) is 0 Å². The van der Waals surface area contributed by atoms with Gasteiger partial charge in [-0.1, -0.05) is 34.8 Å². The van der Waals surface area contributed by atoms with Crippen LogP contribution in [0.3, 0.4) is 0 Å². The molecule has 1 amide bonds. The molecule has 2 rings (SSSR count). The average molecular weight is 361 g/mol. The average Bonchev–Trinajstić information content (AvgIpc) is 2.51. The van der Waals surface area contributed by atoms with E-state index in [1.54, 1.807) is 24.3 Å². The lowest BCUT2D eigenvalue weighted by Gasteiger charge is -2.13. The maximum Gasteiger partial charge on any atom is 0.255 e. The Bertz CT molecular complexity index is 719. The standard InChI is InChI=1S/C15H12Cl3NO3/c1-21-13-7-12(14(22-2)6-11(13)18)19-15(20)8-3-4-9(16)10(17)5-8/h3-7H,1-2H3,(H,19,20). The summed E-state index contributed by atoms with van der Waals surface area (Å²) in [4.78, 5) is 12.3. The van der Waals surface area contributed by atoms with Crippen molar-refractivity contribution >= 4 is 46.4 Å². The fourth-order valence-corrected chi connectivity index (χ4v) is 2.32. The maximum absolute atomic E-state index is 12.3. The predicted molar refractivity (Wildman–Crippen MR) is 89.0 cm³/mol. The number of nitrogens with one attached hydrogen (secondary N) is 1. The Morgan fingerprint density at radius 3 is 2.18 bits per heavy atom. The number of carbonyl (C=O) groups excluding carboxylic acids is 1. The van der Waals surface area contributed by atoms with Crippen molar-refractivity contribution in [2.24, 2.45) is 0 Å². The van der Waals surface area contributed by atoms with Crippen LogP contribution in [0.2, 0.25) is 15.1 Å². The molecule has 0 fully saturated rings. The quantitative estimate of drug-likeness (QED) is 0.842. The molecule has 0 radical (unpaired) electrons. The van der Waals surface area contributed by atoms with E-state index in [-0.39, 0.29) is 5.91 Å². The monoisotopic (exact) mass is 359 g/mol. The number of ether oxygens (including phenoxy) is 2. The van der Waals surface area contributed by atoms with Crippen LogP contribution < -0.4 is 14.8 Å². The van der Waals surface area contributed by atoms with Gasteiger partial charge in [0.05, 0.1) is 35.0 Å². The first-order valence-corrected chi connectivity index (χ1v) is 7.27. The molecule has 0 aliphatic heterocycles. The predicted octanol–water partition coefficient (Wildman–Crippen LogP) is 4.92. The van der Waals surface area contributed by atoms with Crippen LogP contribution in [-0.4, -0.2) is 20.1 Å². The summed E-state index contributed by atoms with van der Waals surface area (Å²) < 4.78 is 10.3. The van der Waals surface area contributed by atoms with E-state index in [9.17, 15) is 4.79 Å². The second kappa shape index (κ2) is 7.09. The number of rotatable bonds is 4. The number of hydrogen-bond donors (Lipinski definition) is 1. The molecule has 0 bridgehead atoms. The molecule has 4 nitrogen and oxygen atoms in total. The molecule has 2 aromatic carbocycles. The Hall–Kier alpha value is -1.62.